The van der Waals surface area contributed by atoms with E-state index in [1.807, 2.05) is 42.5 Å². The Morgan fingerprint density at radius 2 is 1.32 bits per heavy atom. The maximum atomic E-state index is 15.0. The summed E-state index contributed by atoms with van der Waals surface area (Å²) in [5, 5.41) is 3.07. The Morgan fingerprint density at radius 3 is 1.92 bits per heavy atom. The first-order chi connectivity index (χ1) is 31.9. The Kier molecular flexibility index (Phi) is 20.4. The number of carbonyl (C=O) groups is 2. The first-order valence-corrected chi connectivity index (χ1v) is 25.5. The highest BCUT2D eigenvalue weighted by Gasteiger charge is 2.41. The molecule has 66 heavy (non-hydrogen) atoms. The minimum atomic E-state index is -4.15. The summed E-state index contributed by atoms with van der Waals surface area (Å²) in [4.78, 5) is 36.8. The fourth-order valence-corrected chi connectivity index (χ4v) is 9.64. The molecule has 0 spiro atoms. The number of para-hydroxylation sites is 1. The van der Waals surface area contributed by atoms with Crippen LogP contribution in [0.5, 0.6) is 17.2 Å². The molecule has 4 aromatic rings. The van der Waals surface area contributed by atoms with Crippen LogP contribution in [-0.4, -0.2) is 74.0 Å². The van der Waals surface area contributed by atoms with Gasteiger partial charge in [0.1, 0.15) is 22.1 Å². The fraction of sp³-hybridized carbons (Fsp3) is 0.538. The minimum Gasteiger partial charge on any atom is -0.497 e. The van der Waals surface area contributed by atoms with Crippen LogP contribution in [0.15, 0.2) is 89.1 Å². The van der Waals surface area contributed by atoms with Gasteiger partial charge in [0.25, 0.3) is 15.9 Å². The third kappa shape index (κ3) is 15.1. The molecule has 1 aliphatic heterocycles. The molecule has 0 saturated carbocycles. The van der Waals surface area contributed by atoms with Crippen LogP contribution in [0.25, 0.3) is 0 Å². The number of hydrogen-bond donors (Lipinski definition) is 1. The number of carbonyl (C=O) groups excluding carboxylic acids is 2. The van der Waals surface area contributed by atoms with Gasteiger partial charge in [-0.05, 0) is 65.9 Å². The molecule has 1 amide bonds. The summed E-state index contributed by atoms with van der Waals surface area (Å²) in [7, 11) is -1.29. The number of amides is 1. The summed E-state index contributed by atoms with van der Waals surface area (Å²) in [6.07, 6.45) is 22.3. The van der Waals surface area contributed by atoms with Crippen LogP contribution in [0, 0.1) is 0 Å². The van der Waals surface area contributed by atoms with Crippen molar-refractivity contribution in [3.63, 3.8) is 0 Å². The van der Waals surface area contributed by atoms with Gasteiger partial charge in [-0.1, -0.05) is 142 Å². The van der Waals surface area contributed by atoms with Crippen molar-refractivity contribution in [1.29, 1.82) is 0 Å². The molecule has 5 rings (SSSR count). The van der Waals surface area contributed by atoms with E-state index in [1.54, 1.807) is 25.3 Å². The van der Waals surface area contributed by atoms with Crippen molar-refractivity contribution in [2.75, 3.05) is 39.3 Å². The van der Waals surface area contributed by atoms with Gasteiger partial charge >= 0.3 is 5.97 Å². The third-order valence-electron chi connectivity index (χ3n) is 11.9. The van der Waals surface area contributed by atoms with Gasteiger partial charge in [0, 0.05) is 19.2 Å². The Bertz CT molecular complexity index is 2270. The first kappa shape index (κ1) is 51.6. The van der Waals surface area contributed by atoms with E-state index in [9.17, 15) is 18.0 Å². The van der Waals surface area contributed by atoms with Gasteiger partial charge in [0.05, 0.1) is 45.1 Å². The Hall–Kier alpha value is -5.37. The van der Waals surface area contributed by atoms with Crippen molar-refractivity contribution in [2.45, 2.75) is 153 Å². The van der Waals surface area contributed by atoms with Gasteiger partial charge in [0.2, 0.25) is 0 Å². The average Bonchev–Trinajstić information content (AvgIpc) is 3.79. The topological polar surface area (TPSA) is 151 Å². The molecule has 1 atom stereocenters. The number of hydrogen-bond acceptors (Lipinski definition) is 10. The van der Waals surface area contributed by atoms with Crippen LogP contribution in [0.3, 0.4) is 0 Å². The maximum Gasteiger partial charge on any atom is 0.358 e. The van der Waals surface area contributed by atoms with Gasteiger partial charge in [-0.15, -0.1) is 0 Å². The highest BCUT2D eigenvalue weighted by molar-refractivity contribution is 7.90. The maximum absolute atomic E-state index is 15.0. The molecule has 14 heteroatoms. The Labute approximate surface area is 393 Å². The van der Waals surface area contributed by atoms with Crippen LogP contribution in [-0.2, 0) is 25.0 Å². The van der Waals surface area contributed by atoms with E-state index in [-0.39, 0.29) is 40.7 Å². The fourth-order valence-electron chi connectivity index (χ4n) is 8.02. The first-order valence-electron chi connectivity index (χ1n) is 24.0. The number of rotatable bonds is 29. The van der Waals surface area contributed by atoms with Crippen molar-refractivity contribution >= 4 is 39.1 Å². The second-order valence-corrected chi connectivity index (χ2v) is 19.9. The molecule has 1 unspecified atom stereocenters. The lowest BCUT2D eigenvalue weighted by Crippen LogP contribution is -2.47. The summed E-state index contributed by atoms with van der Waals surface area (Å²) in [5.41, 5.74) is 1.23. The largest absolute Gasteiger partial charge is 0.497 e. The molecule has 0 radical (unpaired) electrons. The zero-order valence-corrected chi connectivity index (χ0v) is 41.0. The number of fused-ring (bicyclic) bond motifs is 1. The Morgan fingerprint density at radius 1 is 0.727 bits per heavy atom. The van der Waals surface area contributed by atoms with Gasteiger partial charge in [-0.25, -0.2) is 23.2 Å². The van der Waals surface area contributed by atoms with E-state index >= 15 is 0 Å². The molecule has 0 aliphatic carbocycles. The second kappa shape index (κ2) is 26.1. The van der Waals surface area contributed by atoms with E-state index in [1.165, 1.54) is 105 Å². The molecule has 1 aliphatic rings. The number of benzene rings is 3. The van der Waals surface area contributed by atoms with E-state index in [0.717, 1.165) is 37.0 Å². The second-order valence-electron chi connectivity index (χ2n) is 18.1. The van der Waals surface area contributed by atoms with Crippen molar-refractivity contribution in [3.05, 3.63) is 90.5 Å². The summed E-state index contributed by atoms with van der Waals surface area (Å²) in [6, 6.07) is 18.2. The number of esters is 1. The number of ether oxygens (including phenoxy) is 4. The normalized spacial score (nSPS) is 13.7. The van der Waals surface area contributed by atoms with Gasteiger partial charge in [-0.2, -0.15) is 0 Å². The molecule has 1 N–H and O–H groups in total. The predicted octanol–water partition coefficient (Wildman–Crippen LogP) is 12.0. The summed E-state index contributed by atoms with van der Waals surface area (Å²) in [5.74, 6) is 0.556. The van der Waals surface area contributed by atoms with Crippen LogP contribution < -0.4 is 19.5 Å². The molecule has 1 aromatic heterocycles. The smallest absolute Gasteiger partial charge is 0.358 e. The number of nitrogens with zero attached hydrogens (tertiary/aromatic N) is 4. The summed E-state index contributed by atoms with van der Waals surface area (Å²) >= 11 is 0. The summed E-state index contributed by atoms with van der Waals surface area (Å²) < 4.78 is 54.1. The van der Waals surface area contributed by atoms with Crippen LogP contribution in [0.4, 0.5) is 11.4 Å². The molecule has 13 nitrogen and oxygen atoms in total. The monoisotopic (exact) mass is 928 g/mol. The van der Waals surface area contributed by atoms with Crippen molar-refractivity contribution in [2.24, 2.45) is 4.99 Å². The molecule has 3 aromatic carbocycles. The number of methoxy groups -OCH3 is 2. The number of imidazole rings is 1. The quantitative estimate of drug-likeness (QED) is 0.0414. The van der Waals surface area contributed by atoms with Crippen LogP contribution in [0.2, 0.25) is 0 Å². The summed E-state index contributed by atoms with van der Waals surface area (Å²) in [6.45, 7) is 9.27. The molecular formula is C52H73N5O8S. The minimum absolute atomic E-state index is 0.00824. The predicted molar refractivity (Wildman–Crippen MR) is 262 cm³/mol. The lowest BCUT2D eigenvalue weighted by Gasteiger charge is -2.34. The Balaban J connectivity index is 1.31. The van der Waals surface area contributed by atoms with Gasteiger partial charge in [-0.3, -0.25) is 9.10 Å². The molecule has 2 heterocycles. The van der Waals surface area contributed by atoms with Crippen molar-refractivity contribution in [3.8, 4) is 17.2 Å². The number of unbranched alkanes of at least 4 members (excludes halogenated alkanes) is 15. The van der Waals surface area contributed by atoms with Gasteiger partial charge in [0.15, 0.2) is 17.6 Å². The number of sulfonamides is 1. The van der Waals surface area contributed by atoms with E-state index < -0.39 is 27.9 Å². The van der Waals surface area contributed by atoms with E-state index in [4.69, 9.17) is 23.9 Å². The molecule has 0 bridgehead atoms. The number of aliphatic imine (C=N–C) groups is 1. The molecule has 0 saturated heterocycles. The standard InChI is InChI=1S/C52H73N5O8S/c1-7-8-9-10-11-12-13-14-15-16-17-18-19-20-21-24-34-57-49(54-43-26-22-23-27-47(43)66(57,60)61)48(56-38-45(53-39-56)51(59)63-6)50(58)55-44-37-40(52(2,3)4)28-33-46(44)65-36-25-35-64-42-31-29-41(62-5)30-32-42/h22-23,26-33,37-39,48H,7-21,24-25,34-36H2,1-6H3,(H,55,58). The molecule has 360 valence electrons. The lowest BCUT2D eigenvalue weighted by molar-refractivity contribution is -0.117. The van der Waals surface area contributed by atoms with Crippen molar-refractivity contribution < 1.29 is 37.0 Å². The third-order valence-corrected chi connectivity index (χ3v) is 13.8. The molecule has 0 fully saturated rings. The number of nitrogens with one attached hydrogen (secondary N) is 1. The zero-order valence-electron chi connectivity index (χ0n) is 40.2. The highest BCUT2D eigenvalue weighted by Crippen LogP contribution is 2.37. The van der Waals surface area contributed by atoms with E-state index in [0.29, 0.717) is 36.6 Å². The average molecular weight is 928 g/mol. The van der Waals surface area contributed by atoms with Crippen LogP contribution in [0.1, 0.15) is 159 Å². The van der Waals surface area contributed by atoms with Crippen LogP contribution >= 0.6 is 0 Å². The van der Waals surface area contributed by atoms with Gasteiger partial charge < -0.3 is 28.8 Å². The highest BCUT2D eigenvalue weighted by atomic mass is 32.2. The van der Waals surface area contributed by atoms with E-state index in [2.05, 4.69) is 38.0 Å². The SMILES string of the molecule is CCCCCCCCCCCCCCCCCCN1C(C(C(=O)Nc2cc(C(C)(C)C)ccc2OCCCOc2ccc(OC)cc2)n2cnc(C(=O)OC)c2)=Nc2ccccc2S1(=O)=O. The zero-order chi connectivity index (χ0) is 47.4. The van der Waals surface area contributed by atoms with Crippen molar-refractivity contribution in [1.82, 2.24) is 13.9 Å². The number of aromatic nitrogens is 2. The molecular weight excluding hydrogens is 855 g/mol. The number of anilines is 1. The number of amidine groups is 1. The lowest BCUT2D eigenvalue weighted by atomic mass is 9.87.